The van der Waals surface area contributed by atoms with Gasteiger partial charge in [0.25, 0.3) is 5.91 Å². The molecule has 0 radical (unpaired) electrons. The van der Waals surface area contributed by atoms with Crippen molar-refractivity contribution in [1.29, 1.82) is 0 Å². The van der Waals surface area contributed by atoms with Gasteiger partial charge in [0.15, 0.2) is 0 Å². The van der Waals surface area contributed by atoms with Gasteiger partial charge in [0.1, 0.15) is 5.00 Å². The van der Waals surface area contributed by atoms with Gasteiger partial charge in [-0.2, -0.15) is 0 Å². The summed E-state index contributed by atoms with van der Waals surface area (Å²) in [5, 5.41) is 3.55. The van der Waals surface area contributed by atoms with E-state index in [4.69, 9.17) is 5.73 Å². The first-order valence-electron chi connectivity index (χ1n) is 8.63. The number of fused-ring (bicyclic) bond motifs is 2. The second-order valence-corrected chi connectivity index (χ2v) is 7.89. The van der Waals surface area contributed by atoms with E-state index >= 15 is 0 Å². The normalized spacial score (nSPS) is 18.1. The molecule has 0 saturated carbocycles. The molecule has 1 atom stereocenters. The fourth-order valence-corrected chi connectivity index (χ4v) is 5.26. The topological polar surface area (TPSA) is 75.4 Å². The van der Waals surface area contributed by atoms with Crippen LogP contribution in [-0.2, 0) is 24.1 Å². The number of rotatable bonds is 4. The van der Waals surface area contributed by atoms with Crippen LogP contribution in [0.3, 0.4) is 0 Å². The van der Waals surface area contributed by atoms with Gasteiger partial charge < -0.3 is 16.0 Å². The van der Waals surface area contributed by atoms with Crippen LogP contribution in [-0.4, -0.2) is 24.4 Å². The summed E-state index contributed by atoms with van der Waals surface area (Å²) in [6.45, 7) is 2.40. The van der Waals surface area contributed by atoms with Gasteiger partial charge in [-0.25, -0.2) is 0 Å². The number of hydrogen-bond acceptors (Lipinski definition) is 4. The lowest BCUT2D eigenvalue weighted by Crippen LogP contribution is -2.37. The summed E-state index contributed by atoms with van der Waals surface area (Å²) in [7, 11) is 0. The molecule has 0 bridgehead atoms. The highest BCUT2D eigenvalue weighted by atomic mass is 32.1. The number of carbonyl (C=O) groups is 2. The minimum absolute atomic E-state index is 0.106. The Morgan fingerprint density at radius 2 is 2.12 bits per heavy atom. The minimum atomic E-state index is -0.449. The lowest BCUT2D eigenvalue weighted by Gasteiger charge is -2.24. The SMILES string of the molecule is C[C@@H]1Cc2ccccc2N1CC(=O)Nc1sc2c(c1C(N)=O)CCC2. The Kier molecular flexibility index (Phi) is 4.00. The summed E-state index contributed by atoms with van der Waals surface area (Å²) in [6, 6.07) is 8.48. The molecule has 0 saturated heterocycles. The molecule has 25 heavy (non-hydrogen) atoms. The molecule has 2 heterocycles. The molecule has 2 aliphatic rings. The molecule has 2 amide bonds. The van der Waals surface area contributed by atoms with Crippen molar-refractivity contribution in [1.82, 2.24) is 0 Å². The van der Waals surface area contributed by atoms with Crippen LogP contribution in [0.2, 0.25) is 0 Å². The van der Waals surface area contributed by atoms with E-state index in [0.29, 0.717) is 10.6 Å². The Morgan fingerprint density at radius 1 is 1.32 bits per heavy atom. The molecule has 5 nitrogen and oxygen atoms in total. The molecule has 6 heteroatoms. The van der Waals surface area contributed by atoms with Gasteiger partial charge in [-0.15, -0.1) is 11.3 Å². The standard InChI is InChI=1S/C19H21N3O2S/c1-11-9-12-5-2-3-7-14(12)22(11)10-16(23)21-19-17(18(20)24)13-6-4-8-15(13)25-19/h2-3,5,7,11H,4,6,8-10H2,1H3,(H2,20,24)(H,21,23)/t11-/m1/s1. The molecule has 0 unspecified atom stereocenters. The van der Waals surface area contributed by atoms with Gasteiger partial charge in [-0.1, -0.05) is 18.2 Å². The van der Waals surface area contributed by atoms with Crippen molar-refractivity contribution in [3.05, 3.63) is 45.8 Å². The Bertz CT molecular complexity index is 858. The van der Waals surface area contributed by atoms with E-state index in [9.17, 15) is 9.59 Å². The Hall–Kier alpha value is -2.34. The van der Waals surface area contributed by atoms with Gasteiger partial charge in [0.05, 0.1) is 12.1 Å². The molecule has 1 aromatic heterocycles. The number of para-hydroxylation sites is 1. The fourth-order valence-electron chi connectivity index (χ4n) is 3.94. The molecular formula is C19H21N3O2S. The number of thiophene rings is 1. The van der Waals surface area contributed by atoms with E-state index in [1.165, 1.54) is 21.8 Å². The third kappa shape index (κ3) is 2.80. The first-order valence-corrected chi connectivity index (χ1v) is 9.45. The van der Waals surface area contributed by atoms with Crippen molar-refractivity contribution in [2.75, 3.05) is 16.8 Å². The first-order chi connectivity index (χ1) is 12.0. The summed E-state index contributed by atoms with van der Waals surface area (Å²) >= 11 is 1.50. The zero-order valence-electron chi connectivity index (χ0n) is 14.2. The van der Waals surface area contributed by atoms with Crippen LogP contribution < -0.4 is 16.0 Å². The molecule has 3 N–H and O–H groups in total. The zero-order valence-corrected chi connectivity index (χ0v) is 15.0. The Labute approximate surface area is 150 Å². The maximum absolute atomic E-state index is 12.6. The fraction of sp³-hybridized carbons (Fsp3) is 0.368. The number of benzene rings is 1. The molecule has 1 aliphatic heterocycles. The third-order valence-corrected chi connectivity index (χ3v) is 6.29. The predicted molar refractivity (Wildman–Crippen MR) is 100 cm³/mol. The molecule has 130 valence electrons. The highest BCUT2D eigenvalue weighted by Gasteiger charge is 2.29. The number of primary amides is 1. The number of aryl methyl sites for hydroxylation is 1. The molecule has 1 aromatic carbocycles. The number of hydrogen-bond donors (Lipinski definition) is 2. The van der Waals surface area contributed by atoms with E-state index in [2.05, 4.69) is 29.3 Å². The highest BCUT2D eigenvalue weighted by Crippen LogP contribution is 2.39. The minimum Gasteiger partial charge on any atom is -0.365 e. The lowest BCUT2D eigenvalue weighted by molar-refractivity contribution is -0.115. The maximum Gasteiger partial charge on any atom is 0.251 e. The number of amides is 2. The van der Waals surface area contributed by atoms with Gasteiger partial charge in [0, 0.05) is 16.6 Å². The number of nitrogens with two attached hydrogens (primary N) is 1. The first kappa shape index (κ1) is 16.1. The van der Waals surface area contributed by atoms with Gasteiger partial charge >= 0.3 is 0 Å². The quantitative estimate of drug-likeness (QED) is 0.885. The highest BCUT2D eigenvalue weighted by molar-refractivity contribution is 7.17. The van der Waals surface area contributed by atoms with Crippen molar-refractivity contribution in [3.63, 3.8) is 0 Å². The van der Waals surface area contributed by atoms with Gasteiger partial charge in [-0.05, 0) is 49.8 Å². The summed E-state index contributed by atoms with van der Waals surface area (Å²) in [6.07, 6.45) is 3.84. The van der Waals surface area contributed by atoms with Crippen LogP contribution in [0.4, 0.5) is 10.7 Å². The van der Waals surface area contributed by atoms with E-state index in [1.54, 1.807) is 0 Å². The van der Waals surface area contributed by atoms with Crippen molar-refractivity contribution < 1.29 is 9.59 Å². The molecule has 4 rings (SSSR count). The zero-order chi connectivity index (χ0) is 17.6. The third-order valence-electron chi connectivity index (χ3n) is 5.08. The monoisotopic (exact) mass is 355 g/mol. The van der Waals surface area contributed by atoms with Crippen LogP contribution in [0.5, 0.6) is 0 Å². The number of nitrogens with zero attached hydrogens (tertiary/aromatic N) is 1. The van der Waals surface area contributed by atoms with E-state index in [-0.39, 0.29) is 18.5 Å². The van der Waals surface area contributed by atoms with E-state index in [1.807, 2.05) is 12.1 Å². The summed E-state index contributed by atoms with van der Waals surface area (Å²) < 4.78 is 0. The molecule has 0 fully saturated rings. The van der Waals surface area contributed by atoms with Crippen LogP contribution in [0.1, 0.15) is 39.7 Å². The van der Waals surface area contributed by atoms with E-state index in [0.717, 1.165) is 36.9 Å². The largest absolute Gasteiger partial charge is 0.365 e. The summed E-state index contributed by atoms with van der Waals surface area (Å²) in [5.41, 5.74) is 9.51. The molecular weight excluding hydrogens is 334 g/mol. The average molecular weight is 355 g/mol. The number of carbonyl (C=O) groups excluding carboxylic acids is 2. The van der Waals surface area contributed by atoms with Crippen LogP contribution in [0.25, 0.3) is 0 Å². The van der Waals surface area contributed by atoms with Crippen LogP contribution >= 0.6 is 11.3 Å². The molecule has 0 spiro atoms. The van der Waals surface area contributed by atoms with E-state index < -0.39 is 5.91 Å². The second kappa shape index (κ2) is 6.19. The molecule has 2 aromatic rings. The lowest BCUT2D eigenvalue weighted by atomic mass is 10.1. The van der Waals surface area contributed by atoms with Gasteiger partial charge in [-0.3, -0.25) is 9.59 Å². The summed E-state index contributed by atoms with van der Waals surface area (Å²) in [5.74, 6) is -0.555. The Morgan fingerprint density at radius 3 is 2.92 bits per heavy atom. The average Bonchev–Trinajstić information content (AvgIpc) is 3.21. The van der Waals surface area contributed by atoms with Crippen molar-refractivity contribution in [2.24, 2.45) is 5.73 Å². The van der Waals surface area contributed by atoms with Crippen LogP contribution in [0.15, 0.2) is 24.3 Å². The van der Waals surface area contributed by atoms with Crippen molar-refractivity contribution in [3.8, 4) is 0 Å². The van der Waals surface area contributed by atoms with Crippen molar-refractivity contribution in [2.45, 2.75) is 38.6 Å². The number of nitrogens with one attached hydrogen (secondary N) is 1. The summed E-state index contributed by atoms with van der Waals surface area (Å²) in [4.78, 5) is 27.8. The Balaban J connectivity index is 1.53. The predicted octanol–water partition coefficient (Wildman–Crippen LogP) is 2.73. The molecule has 1 aliphatic carbocycles. The number of anilines is 2. The van der Waals surface area contributed by atoms with Gasteiger partial charge in [0.2, 0.25) is 5.91 Å². The van der Waals surface area contributed by atoms with Crippen molar-refractivity contribution >= 4 is 33.8 Å². The second-order valence-electron chi connectivity index (χ2n) is 6.78. The maximum atomic E-state index is 12.6. The van der Waals surface area contributed by atoms with Crippen LogP contribution in [0, 0.1) is 0 Å². The smallest absolute Gasteiger partial charge is 0.251 e.